The molecule has 60 heavy (non-hydrogen) atoms. The van der Waals surface area contributed by atoms with E-state index < -0.39 is 24.3 Å². The summed E-state index contributed by atoms with van der Waals surface area (Å²) >= 11 is 0. The lowest BCUT2D eigenvalue weighted by Gasteiger charge is -2.33. The zero-order valence-electron chi connectivity index (χ0n) is 34.3. The van der Waals surface area contributed by atoms with Gasteiger partial charge in [0.15, 0.2) is 0 Å². The molecule has 1 aliphatic carbocycles. The van der Waals surface area contributed by atoms with Crippen molar-refractivity contribution in [3.05, 3.63) is 125 Å². The second-order valence-corrected chi connectivity index (χ2v) is 15.9. The highest BCUT2D eigenvalue weighted by Gasteiger charge is 2.38. The summed E-state index contributed by atoms with van der Waals surface area (Å²) in [7, 11) is 2.54. The number of nitrogens with zero attached hydrogens (tertiary/aromatic N) is 3. The molecular weight excluding hydrogens is 763 g/mol. The van der Waals surface area contributed by atoms with Crippen molar-refractivity contribution >= 4 is 29.9 Å². The third-order valence-electron chi connectivity index (χ3n) is 12.2. The number of likely N-dealkylation sites (tertiary alicyclic amines) is 2. The van der Waals surface area contributed by atoms with Crippen molar-refractivity contribution < 1.29 is 33.4 Å². The number of allylic oxidation sites excluding steroid dienone is 1. The van der Waals surface area contributed by atoms with Crippen molar-refractivity contribution in [1.29, 1.82) is 0 Å². The van der Waals surface area contributed by atoms with Crippen LogP contribution in [0.3, 0.4) is 0 Å². The summed E-state index contributed by atoms with van der Waals surface area (Å²) in [4.78, 5) is 77.2. The molecule has 0 saturated carbocycles. The molecule has 314 valence electrons. The van der Waals surface area contributed by atoms with Gasteiger partial charge in [0.05, 0.1) is 32.2 Å². The lowest BCUT2D eigenvalue weighted by molar-refractivity contribution is -0.135. The van der Waals surface area contributed by atoms with Crippen LogP contribution in [-0.2, 0) is 29.3 Å². The average molecular weight is 816 g/mol. The van der Waals surface area contributed by atoms with E-state index in [1.54, 1.807) is 28.1 Å². The second-order valence-electron chi connectivity index (χ2n) is 15.9. The summed E-state index contributed by atoms with van der Waals surface area (Å²) in [6.45, 7) is 3.63. The summed E-state index contributed by atoms with van der Waals surface area (Å²) in [6.07, 6.45) is 7.71. The standard InChI is InChI=1S/C46H53N7O7/c1-46(24-22-33(23-25-46)41(54)48-28-35-16-10-26-52(35)42(55)38(50-44(57)59-2)31-12-6-4-7-13-31)34-20-18-30(19-21-34)36-29-47-40(49-36)37-17-11-27-53(37)43(56)39(51-45(58)60-3)32-14-8-5-9-15-32/h4-9,12-15,18-22,29,35,37-39H,10-11,16-17,23-28H2,1-3H3,(H,47,49)(H,48,54)(H,50,57)(H,51,58)/t35-,37-,38+,39+,46?/m0/s1. The van der Waals surface area contributed by atoms with Crippen LogP contribution >= 0.6 is 0 Å². The summed E-state index contributed by atoms with van der Waals surface area (Å²) in [5.41, 5.74) is 4.90. The number of ether oxygens (including phenoxy) is 2. The van der Waals surface area contributed by atoms with Crippen molar-refractivity contribution in [2.45, 2.75) is 81.5 Å². The first-order valence-electron chi connectivity index (χ1n) is 20.6. The zero-order chi connectivity index (χ0) is 42.2. The number of methoxy groups -OCH3 is 2. The molecule has 4 N–H and O–H groups in total. The Balaban J connectivity index is 0.953. The smallest absolute Gasteiger partial charge is 0.407 e. The molecular formula is C46H53N7O7. The molecule has 3 aromatic carbocycles. The SMILES string of the molecule is COC(=O)N[C@@H](C(=O)N1CCC[C@H]1CNC(=O)C1=CCC(C)(c2ccc(-c3cnc([C@@H]4CCCN4C(=O)[C@H](NC(=O)OC)c4ccccc4)[nH]3)cc2)CC1)c1ccccc1. The number of carbonyl (C=O) groups excluding carboxylic acids is 5. The zero-order valence-corrected chi connectivity index (χ0v) is 34.3. The first kappa shape index (κ1) is 41.7. The highest BCUT2D eigenvalue weighted by Crippen LogP contribution is 2.40. The van der Waals surface area contributed by atoms with Crippen molar-refractivity contribution in [2.75, 3.05) is 33.9 Å². The van der Waals surface area contributed by atoms with Crippen molar-refractivity contribution in [3.63, 3.8) is 0 Å². The van der Waals surface area contributed by atoms with Gasteiger partial charge in [-0.15, -0.1) is 0 Å². The normalized spacial score (nSPS) is 21.0. The molecule has 1 aromatic heterocycles. The van der Waals surface area contributed by atoms with Gasteiger partial charge in [0.25, 0.3) is 5.91 Å². The quantitative estimate of drug-likeness (QED) is 0.127. The number of alkyl carbamates (subject to hydrolysis) is 2. The summed E-state index contributed by atoms with van der Waals surface area (Å²) in [5.74, 6) is 0.125. The largest absolute Gasteiger partial charge is 0.453 e. The van der Waals surface area contributed by atoms with Gasteiger partial charge in [-0.2, -0.15) is 0 Å². The Morgan fingerprint density at radius 1 is 0.800 bits per heavy atom. The van der Waals surface area contributed by atoms with Crippen LogP contribution in [0.5, 0.6) is 0 Å². The molecule has 0 bridgehead atoms. The summed E-state index contributed by atoms with van der Waals surface area (Å²) in [6, 6.07) is 24.4. The van der Waals surface area contributed by atoms with Gasteiger partial charge < -0.3 is 40.2 Å². The fourth-order valence-corrected chi connectivity index (χ4v) is 8.66. The van der Waals surface area contributed by atoms with Gasteiger partial charge in [-0.1, -0.05) is 97.9 Å². The van der Waals surface area contributed by atoms with E-state index in [1.165, 1.54) is 19.8 Å². The number of hydrogen-bond acceptors (Lipinski definition) is 8. The molecule has 1 unspecified atom stereocenters. The molecule has 14 nitrogen and oxygen atoms in total. The van der Waals surface area contributed by atoms with Crippen LogP contribution in [0, 0.1) is 0 Å². The van der Waals surface area contributed by atoms with Crippen LogP contribution in [0.25, 0.3) is 11.3 Å². The molecule has 7 rings (SSSR count). The Morgan fingerprint density at radius 3 is 1.97 bits per heavy atom. The molecule has 2 fully saturated rings. The van der Waals surface area contributed by atoms with Crippen molar-refractivity contribution in [1.82, 2.24) is 35.7 Å². The number of aromatic amines is 1. The third-order valence-corrected chi connectivity index (χ3v) is 12.2. The van der Waals surface area contributed by atoms with Crippen LogP contribution in [0.4, 0.5) is 9.59 Å². The van der Waals surface area contributed by atoms with Gasteiger partial charge in [-0.3, -0.25) is 14.4 Å². The first-order valence-corrected chi connectivity index (χ1v) is 20.6. The monoisotopic (exact) mass is 815 g/mol. The Bertz CT molecular complexity index is 2190. The van der Waals surface area contributed by atoms with E-state index in [4.69, 9.17) is 14.5 Å². The van der Waals surface area contributed by atoms with Crippen LogP contribution in [0.2, 0.25) is 0 Å². The molecule has 5 amide bonds. The number of carbonyl (C=O) groups is 5. The van der Waals surface area contributed by atoms with Crippen LogP contribution in [0.1, 0.15) is 92.5 Å². The maximum atomic E-state index is 13.9. The number of amides is 5. The van der Waals surface area contributed by atoms with E-state index in [9.17, 15) is 24.0 Å². The number of nitrogens with one attached hydrogen (secondary N) is 4. The van der Waals surface area contributed by atoms with Crippen LogP contribution in [0.15, 0.2) is 103 Å². The molecule has 4 aromatic rings. The molecule has 3 aliphatic rings. The Labute approximate surface area is 350 Å². The second kappa shape index (κ2) is 18.6. The Hall–Kier alpha value is -6.44. The van der Waals surface area contributed by atoms with E-state index in [0.717, 1.165) is 48.9 Å². The van der Waals surface area contributed by atoms with Crippen LogP contribution < -0.4 is 16.0 Å². The van der Waals surface area contributed by atoms with Gasteiger partial charge in [0, 0.05) is 31.2 Å². The number of H-pyrrole nitrogens is 1. The van der Waals surface area contributed by atoms with Gasteiger partial charge in [0.2, 0.25) is 11.8 Å². The number of hydrogen-bond donors (Lipinski definition) is 4. The van der Waals surface area contributed by atoms with E-state index in [1.807, 2.05) is 54.6 Å². The third kappa shape index (κ3) is 9.22. The lowest BCUT2D eigenvalue weighted by atomic mass is 9.71. The highest BCUT2D eigenvalue weighted by atomic mass is 16.5. The first-order chi connectivity index (χ1) is 29.1. The average Bonchev–Trinajstić information content (AvgIpc) is 4.09. The predicted octanol–water partition coefficient (Wildman–Crippen LogP) is 6.41. The maximum absolute atomic E-state index is 13.9. The molecule has 0 spiro atoms. The van der Waals surface area contributed by atoms with Gasteiger partial charge >= 0.3 is 12.2 Å². The predicted molar refractivity (Wildman–Crippen MR) is 224 cm³/mol. The van der Waals surface area contributed by atoms with Gasteiger partial charge in [-0.25, -0.2) is 14.6 Å². The van der Waals surface area contributed by atoms with Crippen LogP contribution in [-0.4, -0.2) is 89.6 Å². The molecule has 14 heteroatoms. The molecule has 2 saturated heterocycles. The number of benzene rings is 3. The minimum absolute atomic E-state index is 0.119. The molecule has 3 heterocycles. The number of imidazole rings is 1. The van der Waals surface area contributed by atoms with E-state index >= 15 is 0 Å². The van der Waals surface area contributed by atoms with E-state index in [0.29, 0.717) is 49.4 Å². The van der Waals surface area contributed by atoms with Gasteiger partial charge in [0.1, 0.15) is 17.9 Å². The Kier molecular flexibility index (Phi) is 13.0. The number of aromatic nitrogens is 2. The summed E-state index contributed by atoms with van der Waals surface area (Å²) < 4.78 is 9.62. The van der Waals surface area contributed by atoms with Gasteiger partial charge in [-0.05, 0) is 72.6 Å². The van der Waals surface area contributed by atoms with E-state index in [2.05, 4.69) is 52.1 Å². The fourth-order valence-electron chi connectivity index (χ4n) is 8.66. The molecule has 5 atom stereocenters. The fraction of sp³-hybridized carbons (Fsp3) is 0.391. The summed E-state index contributed by atoms with van der Waals surface area (Å²) in [5, 5.41) is 8.48. The number of rotatable bonds is 12. The lowest BCUT2D eigenvalue weighted by Crippen LogP contribution is -2.48. The molecule has 0 radical (unpaired) electrons. The maximum Gasteiger partial charge on any atom is 0.407 e. The topological polar surface area (TPSA) is 175 Å². The van der Waals surface area contributed by atoms with Crippen molar-refractivity contribution in [3.8, 4) is 11.3 Å². The van der Waals surface area contributed by atoms with E-state index in [-0.39, 0.29) is 35.2 Å². The minimum Gasteiger partial charge on any atom is -0.453 e. The van der Waals surface area contributed by atoms with Crippen molar-refractivity contribution in [2.24, 2.45) is 0 Å². The Morgan fingerprint density at radius 2 is 1.38 bits per heavy atom. The highest BCUT2D eigenvalue weighted by molar-refractivity contribution is 5.94. The molecule has 2 aliphatic heterocycles. The minimum atomic E-state index is -0.891.